The Labute approximate surface area is 111 Å². The van der Waals surface area contributed by atoms with Gasteiger partial charge in [-0.25, -0.2) is 10.8 Å². The highest BCUT2D eigenvalue weighted by Crippen LogP contribution is 2.32. The van der Waals surface area contributed by atoms with Crippen LogP contribution in [0.5, 0.6) is 0 Å². The molecule has 0 aliphatic carbocycles. The average molecular weight is 282 g/mol. The van der Waals surface area contributed by atoms with Crippen molar-refractivity contribution >= 4 is 33.9 Å². The number of nitrogens with two attached hydrogens (primary N) is 1. The number of nitrogens with zero attached hydrogens (tertiary/aromatic N) is 2. The van der Waals surface area contributed by atoms with Gasteiger partial charge < -0.3 is 0 Å². The van der Waals surface area contributed by atoms with Gasteiger partial charge in [-0.05, 0) is 6.07 Å². The van der Waals surface area contributed by atoms with Crippen LogP contribution in [0.1, 0.15) is 4.88 Å². The van der Waals surface area contributed by atoms with Gasteiger partial charge in [0.15, 0.2) is 5.13 Å². The fraction of sp³-hybridized carbons (Fsp3) is 0.100. The lowest BCUT2D eigenvalue weighted by atomic mass is 10.3. The van der Waals surface area contributed by atoms with E-state index in [-0.39, 0.29) is 10.6 Å². The van der Waals surface area contributed by atoms with Crippen molar-refractivity contribution in [3.8, 4) is 0 Å². The maximum atomic E-state index is 10.8. The van der Waals surface area contributed by atoms with Crippen molar-refractivity contribution in [3.63, 3.8) is 0 Å². The number of nitrogen functional groups attached to an aromatic ring is 1. The summed E-state index contributed by atoms with van der Waals surface area (Å²) in [4.78, 5) is 16.2. The van der Waals surface area contributed by atoms with E-state index < -0.39 is 0 Å². The first kappa shape index (κ1) is 12.8. The molecule has 0 aliphatic rings. The lowest BCUT2D eigenvalue weighted by Crippen LogP contribution is -2.05. The number of thiazole rings is 1. The first-order chi connectivity index (χ1) is 8.70. The van der Waals surface area contributed by atoms with E-state index >= 15 is 0 Å². The summed E-state index contributed by atoms with van der Waals surface area (Å²) in [6, 6.07) is 6.69. The molecule has 0 aliphatic heterocycles. The molecule has 0 radical (unpaired) electrons. The van der Waals surface area contributed by atoms with Gasteiger partial charge in [0.1, 0.15) is 0 Å². The third kappa shape index (κ3) is 2.97. The predicted molar refractivity (Wildman–Crippen MR) is 72.6 cm³/mol. The summed E-state index contributed by atoms with van der Waals surface area (Å²) < 4.78 is 0. The molecule has 3 N–H and O–H groups in total. The van der Waals surface area contributed by atoms with E-state index in [1.165, 1.54) is 29.2 Å². The zero-order valence-electron chi connectivity index (χ0n) is 9.20. The number of para-hydroxylation sites is 1. The summed E-state index contributed by atoms with van der Waals surface area (Å²) in [6.07, 6.45) is 1.71. The van der Waals surface area contributed by atoms with Crippen LogP contribution in [-0.4, -0.2) is 9.91 Å². The predicted octanol–water partition coefficient (Wildman–Crippen LogP) is 2.63. The van der Waals surface area contributed by atoms with Crippen molar-refractivity contribution in [3.05, 3.63) is 45.5 Å². The molecule has 0 spiro atoms. The fourth-order valence-corrected chi connectivity index (χ4v) is 3.09. The highest BCUT2D eigenvalue weighted by molar-refractivity contribution is 7.98. The standard InChI is InChI=1S/C10H10N4O2S2/c11-13-10-12-5-7(18-10)6-17-9-4-2-1-3-8(9)14(15)16/h1-5H,6,11H2,(H,12,13). The normalized spacial score (nSPS) is 10.3. The third-order valence-electron chi connectivity index (χ3n) is 2.11. The average Bonchev–Trinajstić information content (AvgIpc) is 2.84. The van der Waals surface area contributed by atoms with Crippen molar-refractivity contribution in [2.24, 2.45) is 5.84 Å². The Hall–Kier alpha value is -1.64. The molecule has 0 saturated heterocycles. The van der Waals surface area contributed by atoms with Gasteiger partial charge in [0, 0.05) is 22.9 Å². The molecule has 0 saturated carbocycles. The minimum atomic E-state index is -0.373. The lowest BCUT2D eigenvalue weighted by Gasteiger charge is -2.00. The fourth-order valence-electron chi connectivity index (χ4n) is 1.32. The monoisotopic (exact) mass is 282 g/mol. The van der Waals surface area contributed by atoms with Gasteiger partial charge in [0.25, 0.3) is 5.69 Å². The van der Waals surface area contributed by atoms with Crippen LogP contribution in [0.15, 0.2) is 35.4 Å². The summed E-state index contributed by atoms with van der Waals surface area (Å²) in [6.45, 7) is 0. The second kappa shape index (κ2) is 5.80. The third-order valence-corrected chi connectivity index (χ3v) is 4.33. The molecular formula is C10H10N4O2S2. The van der Waals surface area contributed by atoms with Crippen molar-refractivity contribution in [1.29, 1.82) is 0 Å². The number of thioether (sulfide) groups is 1. The van der Waals surface area contributed by atoms with Crippen LogP contribution in [0.2, 0.25) is 0 Å². The van der Waals surface area contributed by atoms with Gasteiger partial charge >= 0.3 is 0 Å². The van der Waals surface area contributed by atoms with Crippen LogP contribution in [0.25, 0.3) is 0 Å². The topological polar surface area (TPSA) is 94.1 Å². The first-order valence-corrected chi connectivity index (χ1v) is 6.78. The van der Waals surface area contributed by atoms with Gasteiger partial charge in [-0.15, -0.1) is 23.1 Å². The number of hydrogen-bond donors (Lipinski definition) is 2. The summed E-state index contributed by atoms with van der Waals surface area (Å²) in [7, 11) is 0. The van der Waals surface area contributed by atoms with Gasteiger partial charge in [-0.1, -0.05) is 12.1 Å². The van der Waals surface area contributed by atoms with Crippen LogP contribution >= 0.6 is 23.1 Å². The minimum Gasteiger partial charge on any atom is -0.300 e. The number of nitro benzene ring substituents is 1. The van der Waals surface area contributed by atoms with E-state index in [4.69, 9.17) is 5.84 Å². The van der Waals surface area contributed by atoms with E-state index in [0.717, 1.165) is 4.88 Å². The molecule has 1 aromatic carbocycles. The Morgan fingerprint density at radius 1 is 1.50 bits per heavy atom. The Kier molecular flexibility index (Phi) is 4.13. The number of nitro groups is 1. The Balaban J connectivity index is 2.08. The molecule has 0 atom stereocenters. The van der Waals surface area contributed by atoms with E-state index in [1.807, 2.05) is 0 Å². The highest BCUT2D eigenvalue weighted by atomic mass is 32.2. The van der Waals surface area contributed by atoms with Gasteiger partial charge in [-0.3, -0.25) is 15.5 Å². The van der Waals surface area contributed by atoms with Crippen LogP contribution in [0, 0.1) is 10.1 Å². The van der Waals surface area contributed by atoms with Crippen molar-refractivity contribution in [1.82, 2.24) is 4.98 Å². The molecule has 6 nitrogen and oxygen atoms in total. The molecule has 0 fully saturated rings. The van der Waals surface area contributed by atoms with Crippen molar-refractivity contribution in [2.45, 2.75) is 10.6 Å². The molecule has 0 amide bonds. The molecule has 1 aromatic heterocycles. The summed E-state index contributed by atoms with van der Waals surface area (Å²) in [5.41, 5.74) is 2.59. The number of rotatable bonds is 5. The van der Waals surface area contributed by atoms with Crippen molar-refractivity contribution < 1.29 is 4.92 Å². The quantitative estimate of drug-likeness (QED) is 0.379. The lowest BCUT2D eigenvalue weighted by molar-refractivity contribution is -0.387. The number of nitrogens with one attached hydrogen (secondary N) is 1. The Morgan fingerprint density at radius 2 is 2.28 bits per heavy atom. The molecule has 2 aromatic rings. The van der Waals surface area contributed by atoms with E-state index in [0.29, 0.717) is 15.8 Å². The number of anilines is 1. The maximum absolute atomic E-state index is 10.8. The molecule has 8 heteroatoms. The second-order valence-electron chi connectivity index (χ2n) is 3.29. The largest absolute Gasteiger partial charge is 0.300 e. The molecule has 18 heavy (non-hydrogen) atoms. The van der Waals surface area contributed by atoms with Crippen LogP contribution in [-0.2, 0) is 5.75 Å². The zero-order valence-corrected chi connectivity index (χ0v) is 10.8. The minimum absolute atomic E-state index is 0.129. The summed E-state index contributed by atoms with van der Waals surface area (Å²) in [5.74, 6) is 5.87. The molecule has 0 bridgehead atoms. The zero-order chi connectivity index (χ0) is 13.0. The number of hydrazine groups is 1. The van der Waals surface area contributed by atoms with Gasteiger partial charge in [0.05, 0.1) is 9.82 Å². The van der Waals surface area contributed by atoms with E-state index in [1.54, 1.807) is 24.4 Å². The Bertz CT molecular complexity index is 558. The van der Waals surface area contributed by atoms with E-state index in [9.17, 15) is 10.1 Å². The van der Waals surface area contributed by atoms with E-state index in [2.05, 4.69) is 10.4 Å². The molecule has 2 rings (SSSR count). The molecule has 0 unspecified atom stereocenters. The Morgan fingerprint density at radius 3 is 2.94 bits per heavy atom. The highest BCUT2D eigenvalue weighted by Gasteiger charge is 2.13. The second-order valence-corrected chi connectivity index (χ2v) is 5.42. The number of hydrogen-bond acceptors (Lipinski definition) is 7. The van der Waals surface area contributed by atoms with Crippen LogP contribution < -0.4 is 11.3 Å². The van der Waals surface area contributed by atoms with Crippen LogP contribution in [0.4, 0.5) is 10.8 Å². The number of benzene rings is 1. The number of aromatic nitrogens is 1. The first-order valence-electron chi connectivity index (χ1n) is 4.98. The summed E-state index contributed by atoms with van der Waals surface area (Å²) in [5, 5.41) is 11.5. The maximum Gasteiger partial charge on any atom is 0.282 e. The van der Waals surface area contributed by atoms with Gasteiger partial charge in [0.2, 0.25) is 0 Å². The molecular weight excluding hydrogens is 272 g/mol. The van der Waals surface area contributed by atoms with Crippen molar-refractivity contribution in [2.75, 3.05) is 5.43 Å². The molecule has 1 heterocycles. The summed E-state index contributed by atoms with van der Waals surface area (Å²) >= 11 is 2.84. The molecule has 94 valence electrons. The van der Waals surface area contributed by atoms with Gasteiger partial charge in [-0.2, -0.15) is 0 Å². The SMILES string of the molecule is NNc1ncc(CSc2ccccc2[N+](=O)[O-])s1. The van der Waals surface area contributed by atoms with Crippen LogP contribution in [0.3, 0.4) is 0 Å². The smallest absolute Gasteiger partial charge is 0.282 e.